The number of hydrogen-bond acceptors (Lipinski definition) is 6. The number of amides is 1. The van der Waals surface area contributed by atoms with Gasteiger partial charge in [-0.15, -0.1) is 15.3 Å². The molecule has 3 aromatic heterocycles. The van der Waals surface area contributed by atoms with Gasteiger partial charge in [0, 0.05) is 37.8 Å². The Hall–Kier alpha value is -3.23. The van der Waals surface area contributed by atoms with Crippen LogP contribution >= 0.6 is 0 Å². The molecule has 28 heavy (non-hydrogen) atoms. The minimum atomic E-state index is -0.223. The Morgan fingerprint density at radius 1 is 1.18 bits per heavy atom. The SMILES string of the molecule is CN(C(=O)c1ccc(=O)[nH]c1)C1CN(c2ccc3nnc(C(C)(C)C)n3n2)C1. The Labute approximate surface area is 162 Å². The lowest BCUT2D eigenvalue weighted by Gasteiger charge is -2.44. The van der Waals surface area contributed by atoms with Crippen molar-refractivity contribution in [2.75, 3.05) is 25.0 Å². The molecule has 1 N–H and O–H groups in total. The van der Waals surface area contributed by atoms with Gasteiger partial charge in [0.2, 0.25) is 5.56 Å². The zero-order valence-corrected chi connectivity index (χ0v) is 16.4. The number of fused-ring (bicyclic) bond motifs is 1. The van der Waals surface area contributed by atoms with E-state index in [2.05, 4.69) is 40.9 Å². The molecule has 146 valence electrons. The zero-order valence-electron chi connectivity index (χ0n) is 16.4. The van der Waals surface area contributed by atoms with Gasteiger partial charge in [0.1, 0.15) is 5.82 Å². The highest BCUT2D eigenvalue weighted by molar-refractivity contribution is 5.94. The maximum absolute atomic E-state index is 12.6. The molecule has 0 aromatic carbocycles. The molecule has 1 amide bonds. The van der Waals surface area contributed by atoms with E-state index in [1.807, 2.05) is 12.1 Å². The van der Waals surface area contributed by atoms with Gasteiger partial charge in [0.05, 0.1) is 11.6 Å². The van der Waals surface area contributed by atoms with E-state index in [4.69, 9.17) is 5.10 Å². The Kier molecular flexibility index (Phi) is 4.17. The van der Waals surface area contributed by atoms with Gasteiger partial charge in [-0.2, -0.15) is 4.52 Å². The largest absolute Gasteiger partial charge is 0.351 e. The van der Waals surface area contributed by atoms with Crippen LogP contribution in [0.3, 0.4) is 0 Å². The second-order valence-corrected chi connectivity index (χ2v) is 8.15. The van der Waals surface area contributed by atoms with E-state index in [1.54, 1.807) is 22.5 Å². The molecular weight excluding hydrogens is 358 g/mol. The molecule has 0 spiro atoms. The molecule has 1 aliphatic heterocycles. The molecule has 4 rings (SSSR count). The monoisotopic (exact) mass is 381 g/mol. The number of aromatic amines is 1. The molecule has 0 bridgehead atoms. The molecular formula is C19H23N7O2. The van der Waals surface area contributed by atoms with E-state index in [1.165, 1.54) is 12.3 Å². The van der Waals surface area contributed by atoms with Crippen molar-refractivity contribution in [2.24, 2.45) is 0 Å². The number of hydrogen-bond donors (Lipinski definition) is 1. The van der Waals surface area contributed by atoms with Crippen LogP contribution in [-0.4, -0.2) is 61.8 Å². The van der Waals surface area contributed by atoms with Crippen molar-refractivity contribution in [3.8, 4) is 0 Å². The molecule has 3 aromatic rings. The summed E-state index contributed by atoms with van der Waals surface area (Å²) in [7, 11) is 1.78. The molecule has 1 aliphatic rings. The Balaban J connectivity index is 1.48. The maximum atomic E-state index is 12.6. The van der Waals surface area contributed by atoms with Crippen molar-refractivity contribution in [1.82, 2.24) is 29.7 Å². The van der Waals surface area contributed by atoms with Gasteiger partial charge in [-0.05, 0) is 18.2 Å². The summed E-state index contributed by atoms with van der Waals surface area (Å²) < 4.78 is 1.79. The summed E-state index contributed by atoms with van der Waals surface area (Å²) in [5.41, 5.74) is 0.806. The number of nitrogens with one attached hydrogen (secondary N) is 1. The first kappa shape index (κ1) is 18.1. The number of rotatable bonds is 3. The van der Waals surface area contributed by atoms with Crippen molar-refractivity contribution in [3.63, 3.8) is 0 Å². The first-order valence-electron chi connectivity index (χ1n) is 9.18. The number of pyridine rings is 1. The number of anilines is 1. The highest BCUT2D eigenvalue weighted by atomic mass is 16.2. The molecule has 0 unspecified atom stereocenters. The minimum Gasteiger partial charge on any atom is -0.351 e. The fraction of sp³-hybridized carbons (Fsp3) is 0.421. The van der Waals surface area contributed by atoms with E-state index in [-0.39, 0.29) is 22.9 Å². The van der Waals surface area contributed by atoms with Crippen molar-refractivity contribution in [3.05, 3.63) is 52.2 Å². The van der Waals surface area contributed by atoms with Gasteiger partial charge >= 0.3 is 0 Å². The van der Waals surface area contributed by atoms with E-state index in [0.717, 1.165) is 17.3 Å². The quantitative estimate of drug-likeness (QED) is 0.729. The van der Waals surface area contributed by atoms with E-state index in [0.29, 0.717) is 18.7 Å². The van der Waals surface area contributed by atoms with Gasteiger partial charge in [0.15, 0.2) is 11.5 Å². The van der Waals surface area contributed by atoms with Crippen LogP contribution in [0.4, 0.5) is 5.82 Å². The maximum Gasteiger partial charge on any atom is 0.255 e. The first-order chi connectivity index (χ1) is 13.2. The summed E-state index contributed by atoms with van der Waals surface area (Å²) >= 11 is 0. The molecule has 4 heterocycles. The highest BCUT2D eigenvalue weighted by Gasteiger charge is 2.34. The van der Waals surface area contributed by atoms with Gasteiger partial charge in [-0.3, -0.25) is 9.59 Å². The van der Waals surface area contributed by atoms with Crippen LogP contribution in [0.15, 0.2) is 35.3 Å². The van der Waals surface area contributed by atoms with Crippen LogP contribution in [0.25, 0.3) is 5.65 Å². The molecule has 0 saturated carbocycles. The summed E-state index contributed by atoms with van der Waals surface area (Å²) in [4.78, 5) is 30.1. The second-order valence-electron chi connectivity index (χ2n) is 8.15. The van der Waals surface area contributed by atoms with Crippen molar-refractivity contribution < 1.29 is 4.79 Å². The predicted octanol–water partition coefficient (Wildman–Crippen LogP) is 1.07. The average Bonchev–Trinajstić information content (AvgIpc) is 3.04. The van der Waals surface area contributed by atoms with Crippen LogP contribution in [0.2, 0.25) is 0 Å². The molecule has 0 aliphatic carbocycles. The summed E-state index contributed by atoms with van der Waals surface area (Å²) in [6.07, 6.45) is 1.45. The first-order valence-corrected chi connectivity index (χ1v) is 9.18. The third-order valence-corrected chi connectivity index (χ3v) is 5.01. The fourth-order valence-electron chi connectivity index (χ4n) is 3.22. The summed E-state index contributed by atoms with van der Waals surface area (Å²) in [5, 5.41) is 13.2. The summed E-state index contributed by atoms with van der Waals surface area (Å²) in [5.74, 6) is 1.53. The topological polar surface area (TPSA) is 99.5 Å². The molecule has 0 atom stereocenters. The highest BCUT2D eigenvalue weighted by Crippen LogP contribution is 2.25. The van der Waals surface area contributed by atoms with Crippen LogP contribution in [0.5, 0.6) is 0 Å². The lowest BCUT2D eigenvalue weighted by atomic mass is 9.96. The predicted molar refractivity (Wildman–Crippen MR) is 105 cm³/mol. The zero-order chi connectivity index (χ0) is 20.1. The van der Waals surface area contributed by atoms with Gasteiger partial charge in [0.25, 0.3) is 5.91 Å². The third kappa shape index (κ3) is 3.12. The van der Waals surface area contributed by atoms with Gasteiger partial charge < -0.3 is 14.8 Å². The minimum absolute atomic E-state index is 0.0833. The number of carbonyl (C=O) groups excluding carboxylic acids is 1. The Bertz CT molecular complexity index is 1070. The normalized spacial score (nSPS) is 14.9. The second kappa shape index (κ2) is 6.43. The molecule has 9 nitrogen and oxygen atoms in total. The van der Waals surface area contributed by atoms with Crippen LogP contribution < -0.4 is 10.5 Å². The van der Waals surface area contributed by atoms with Gasteiger partial charge in [-0.1, -0.05) is 20.8 Å². The van der Waals surface area contributed by atoms with Crippen LogP contribution in [-0.2, 0) is 5.41 Å². The van der Waals surface area contributed by atoms with E-state index >= 15 is 0 Å². The molecule has 1 fully saturated rings. The number of H-pyrrole nitrogens is 1. The van der Waals surface area contributed by atoms with Crippen LogP contribution in [0, 0.1) is 0 Å². The smallest absolute Gasteiger partial charge is 0.255 e. The lowest BCUT2D eigenvalue weighted by molar-refractivity contribution is 0.0704. The molecule has 1 saturated heterocycles. The van der Waals surface area contributed by atoms with Crippen molar-refractivity contribution in [1.29, 1.82) is 0 Å². The number of carbonyl (C=O) groups is 1. The molecule has 0 radical (unpaired) electrons. The van der Waals surface area contributed by atoms with Crippen molar-refractivity contribution in [2.45, 2.75) is 32.2 Å². The van der Waals surface area contributed by atoms with Crippen molar-refractivity contribution >= 4 is 17.4 Å². The Morgan fingerprint density at radius 2 is 1.93 bits per heavy atom. The standard InChI is InChI=1S/C19H23N7O2/c1-19(2,3)18-22-21-14-6-7-15(23-26(14)18)25-10-13(11-25)24(4)17(28)12-5-8-16(27)20-9-12/h5-9,13H,10-11H2,1-4H3,(H,20,27). The van der Waals surface area contributed by atoms with Crippen LogP contribution in [0.1, 0.15) is 37.0 Å². The fourth-order valence-corrected chi connectivity index (χ4v) is 3.22. The average molecular weight is 381 g/mol. The summed E-state index contributed by atoms with van der Waals surface area (Å²) in [6.45, 7) is 7.62. The summed E-state index contributed by atoms with van der Waals surface area (Å²) in [6, 6.07) is 6.83. The Morgan fingerprint density at radius 3 is 2.57 bits per heavy atom. The third-order valence-electron chi connectivity index (χ3n) is 5.01. The van der Waals surface area contributed by atoms with Gasteiger partial charge in [-0.25, -0.2) is 0 Å². The molecule has 9 heteroatoms. The number of likely N-dealkylation sites (N-methyl/N-ethyl adjacent to an activating group) is 1. The lowest BCUT2D eigenvalue weighted by Crippen LogP contribution is -2.60. The number of nitrogens with zero attached hydrogens (tertiary/aromatic N) is 6. The van der Waals surface area contributed by atoms with E-state index in [9.17, 15) is 9.59 Å². The number of aromatic nitrogens is 5. The van der Waals surface area contributed by atoms with E-state index < -0.39 is 0 Å².